The van der Waals surface area contributed by atoms with Gasteiger partial charge < -0.3 is 10.8 Å². The Hall–Kier alpha value is -0.970. The van der Waals surface area contributed by atoms with Crippen LogP contribution in [0.4, 0.5) is 4.39 Å². The number of hydrogen-bond acceptors (Lipinski definition) is 3. The summed E-state index contributed by atoms with van der Waals surface area (Å²) in [5, 5.41) is 9.27. The molecule has 0 unspecified atom stereocenters. The standard InChI is InChI=1S/C13H21FN2O/c1-13(2,9-17)16(3)8-10-4-5-12(14)11(6-10)7-15/h4-6,17H,7-9,15H2,1-3H3. The Bertz CT molecular complexity index is 380. The number of rotatable bonds is 5. The molecule has 0 aliphatic heterocycles. The van der Waals surface area contributed by atoms with E-state index in [0.29, 0.717) is 12.1 Å². The molecule has 0 aliphatic rings. The molecular formula is C13H21FN2O. The Kier molecular flexibility index (Phi) is 4.62. The summed E-state index contributed by atoms with van der Waals surface area (Å²) in [4.78, 5) is 2.03. The van der Waals surface area contributed by atoms with Crippen molar-refractivity contribution in [3.05, 3.63) is 35.1 Å². The van der Waals surface area contributed by atoms with E-state index in [9.17, 15) is 9.50 Å². The molecule has 96 valence electrons. The fourth-order valence-electron chi connectivity index (χ4n) is 1.49. The van der Waals surface area contributed by atoms with Crippen LogP contribution in [-0.2, 0) is 13.1 Å². The van der Waals surface area contributed by atoms with Gasteiger partial charge in [-0.05, 0) is 32.5 Å². The largest absolute Gasteiger partial charge is 0.394 e. The quantitative estimate of drug-likeness (QED) is 0.819. The molecule has 4 heteroatoms. The van der Waals surface area contributed by atoms with Gasteiger partial charge in [-0.1, -0.05) is 12.1 Å². The maximum Gasteiger partial charge on any atom is 0.127 e. The average molecular weight is 240 g/mol. The molecule has 1 aromatic carbocycles. The maximum absolute atomic E-state index is 13.3. The SMILES string of the molecule is CN(Cc1ccc(F)c(CN)c1)C(C)(C)CO. The maximum atomic E-state index is 13.3. The molecule has 0 aliphatic carbocycles. The number of hydrogen-bond donors (Lipinski definition) is 2. The summed E-state index contributed by atoms with van der Waals surface area (Å²) in [5.41, 5.74) is 6.70. The summed E-state index contributed by atoms with van der Waals surface area (Å²) in [5.74, 6) is -0.264. The Labute approximate surface area is 102 Å². The zero-order valence-electron chi connectivity index (χ0n) is 10.7. The number of aliphatic hydroxyl groups excluding tert-OH is 1. The van der Waals surface area contributed by atoms with Crippen LogP contribution in [0.15, 0.2) is 18.2 Å². The van der Waals surface area contributed by atoms with Gasteiger partial charge in [0.1, 0.15) is 5.82 Å². The molecule has 0 radical (unpaired) electrons. The summed E-state index contributed by atoms with van der Waals surface area (Å²) in [6.07, 6.45) is 0. The van der Waals surface area contributed by atoms with Gasteiger partial charge in [0.05, 0.1) is 6.61 Å². The summed E-state index contributed by atoms with van der Waals surface area (Å²) < 4.78 is 13.3. The average Bonchev–Trinajstić information content (AvgIpc) is 2.31. The van der Waals surface area contributed by atoms with Crippen molar-refractivity contribution in [3.8, 4) is 0 Å². The number of nitrogens with two attached hydrogens (primary N) is 1. The van der Waals surface area contributed by atoms with Crippen molar-refractivity contribution < 1.29 is 9.50 Å². The first-order chi connectivity index (χ1) is 7.90. The third-order valence-corrected chi connectivity index (χ3v) is 3.17. The van der Waals surface area contributed by atoms with Crippen LogP contribution in [0.2, 0.25) is 0 Å². The molecular weight excluding hydrogens is 219 g/mol. The monoisotopic (exact) mass is 240 g/mol. The Morgan fingerprint density at radius 2 is 2.06 bits per heavy atom. The second-order valence-corrected chi connectivity index (χ2v) is 4.96. The molecule has 3 nitrogen and oxygen atoms in total. The zero-order chi connectivity index (χ0) is 13.1. The van der Waals surface area contributed by atoms with Gasteiger partial charge in [-0.3, -0.25) is 4.90 Å². The third kappa shape index (κ3) is 3.49. The molecule has 0 heterocycles. The first kappa shape index (κ1) is 14.1. The van der Waals surface area contributed by atoms with Crippen molar-refractivity contribution >= 4 is 0 Å². The van der Waals surface area contributed by atoms with Crippen molar-refractivity contribution in [2.75, 3.05) is 13.7 Å². The highest BCUT2D eigenvalue weighted by molar-refractivity contribution is 5.25. The molecule has 0 atom stereocenters. The lowest BCUT2D eigenvalue weighted by Crippen LogP contribution is -2.43. The zero-order valence-corrected chi connectivity index (χ0v) is 10.7. The van der Waals surface area contributed by atoms with Gasteiger partial charge in [0.15, 0.2) is 0 Å². The molecule has 0 spiro atoms. The molecule has 0 amide bonds. The van der Waals surface area contributed by atoms with Crippen LogP contribution in [-0.4, -0.2) is 29.2 Å². The van der Waals surface area contributed by atoms with E-state index in [4.69, 9.17) is 5.73 Å². The van der Waals surface area contributed by atoms with Crippen LogP contribution < -0.4 is 5.73 Å². The van der Waals surface area contributed by atoms with Gasteiger partial charge in [0, 0.05) is 24.2 Å². The van der Waals surface area contributed by atoms with Crippen molar-refractivity contribution in [2.24, 2.45) is 5.73 Å². The number of aliphatic hydroxyl groups is 1. The van der Waals surface area contributed by atoms with Crippen LogP contribution in [0, 0.1) is 5.82 Å². The number of halogens is 1. The Balaban J connectivity index is 2.82. The molecule has 0 bridgehead atoms. The molecule has 1 aromatic rings. The van der Waals surface area contributed by atoms with E-state index in [-0.39, 0.29) is 24.5 Å². The van der Waals surface area contributed by atoms with E-state index in [0.717, 1.165) is 5.56 Å². The van der Waals surface area contributed by atoms with E-state index in [2.05, 4.69) is 0 Å². The van der Waals surface area contributed by atoms with Crippen molar-refractivity contribution in [1.29, 1.82) is 0 Å². The van der Waals surface area contributed by atoms with Crippen LogP contribution in [0.5, 0.6) is 0 Å². The Morgan fingerprint density at radius 3 is 2.59 bits per heavy atom. The number of nitrogens with zero attached hydrogens (tertiary/aromatic N) is 1. The van der Waals surface area contributed by atoms with E-state index >= 15 is 0 Å². The lowest BCUT2D eigenvalue weighted by atomic mass is 10.0. The smallest absolute Gasteiger partial charge is 0.127 e. The van der Waals surface area contributed by atoms with E-state index in [1.807, 2.05) is 25.8 Å². The van der Waals surface area contributed by atoms with Gasteiger partial charge in [0.25, 0.3) is 0 Å². The third-order valence-electron chi connectivity index (χ3n) is 3.17. The van der Waals surface area contributed by atoms with Crippen LogP contribution in [0.1, 0.15) is 25.0 Å². The molecule has 0 saturated carbocycles. The van der Waals surface area contributed by atoms with Gasteiger partial charge in [-0.15, -0.1) is 0 Å². The Morgan fingerprint density at radius 1 is 1.41 bits per heavy atom. The fourth-order valence-corrected chi connectivity index (χ4v) is 1.49. The highest BCUT2D eigenvalue weighted by Gasteiger charge is 2.22. The molecule has 0 aromatic heterocycles. The minimum absolute atomic E-state index is 0.0778. The molecule has 1 rings (SSSR count). The van der Waals surface area contributed by atoms with Gasteiger partial charge in [0.2, 0.25) is 0 Å². The van der Waals surface area contributed by atoms with Gasteiger partial charge >= 0.3 is 0 Å². The van der Waals surface area contributed by atoms with Crippen molar-refractivity contribution in [1.82, 2.24) is 4.90 Å². The summed E-state index contributed by atoms with van der Waals surface area (Å²) in [6, 6.07) is 4.97. The minimum Gasteiger partial charge on any atom is -0.394 e. The van der Waals surface area contributed by atoms with Gasteiger partial charge in [-0.2, -0.15) is 0 Å². The highest BCUT2D eigenvalue weighted by Crippen LogP contribution is 2.17. The van der Waals surface area contributed by atoms with Crippen LogP contribution in [0.3, 0.4) is 0 Å². The van der Waals surface area contributed by atoms with Crippen molar-refractivity contribution in [2.45, 2.75) is 32.5 Å². The number of benzene rings is 1. The molecule has 0 fully saturated rings. The predicted molar refractivity (Wildman–Crippen MR) is 66.9 cm³/mol. The second-order valence-electron chi connectivity index (χ2n) is 4.96. The number of likely N-dealkylation sites (N-methyl/N-ethyl adjacent to an activating group) is 1. The molecule has 0 saturated heterocycles. The van der Waals surface area contributed by atoms with Crippen LogP contribution in [0.25, 0.3) is 0 Å². The lowest BCUT2D eigenvalue weighted by Gasteiger charge is -2.34. The minimum atomic E-state index is -0.294. The normalized spacial score (nSPS) is 12.2. The summed E-state index contributed by atoms with van der Waals surface area (Å²) in [7, 11) is 1.93. The van der Waals surface area contributed by atoms with Gasteiger partial charge in [-0.25, -0.2) is 4.39 Å². The lowest BCUT2D eigenvalue weighted by molar-refractivity contribution is 0.0733. The first-order valence-electron chi connectivity index (χ1n) is 5.70. The second kappa shape index (κ2) is 5.58. The fraction of sp³-hybridized carbons (Fsp3) is 0.538. The van der Waals surface area contributed by atoms with E-state index in [1.165, 1.54) is 6.07 Å². The molecule has 17 heavy (non-hydrogen) atoms. The summed E-state index contributed by atoms with van der Waals surface area (Å²) >= 11 is 0. The molecule has 3 N–H and O–H groups in total. The van der Waals surface area contributed by atoms with E-state index in [1.54, 1.807) is 12.1 Å². The van der Waals surface area contributed by atoms with Crippen molar-refractivity contribution in [3.63, 3.8) is 0 Å². The summed E-state index contributed by atoms with van der Waals surface area (Å²) in [6.45, 7) is 4.85. The first-order valence-corrected chi connectivity index (χ1v) is 5.70. The highest BCUT2D eigenvalue weighted by atomic mass is 19.1. The predicted octanol–water partition coefficient (Wildman–Crippen LogP) is 1.49. The van der Waals surface area contributed by atoms with E-state index < -0.39 is 0 Å². The topological polar surface area (TPSA) is 49.5 Å². The van der Waals surface area contributed by atoms with Crippen LogP contribution >= 0.6 is 0 Å².